The predicted molar refractivity (Wildman–Crippen MR) is 86.4 cm³/mol. The van der Waals surface area contributed by atoms with Gasteiger partial charge in [-0.05, 0) is 38.2 Å². The van der Waals surface area contributed by atoms with Gasteiger partial charge >= 0.3 is 0 Å². The van der Waals surface area contributed by atoms with Crippen molar-refractivity contribution in [1.82, 2.24) is 10.2 Å². The molecule has 2 aromatic heterocycles. The average molecular weight is 315 g/mol. The first-order chi connectivity index (χ1) is 9.13. The van der Waals surface area contributed by atoms with Crippen molar-refractivity contribution in [3.8, 4) is 0 Å². The lowest BCUT2D eigenvalue weighted by Gasteiger charge is -2.15. The summed E-state index contributed by atoms with van der Waals surface area (Å²) >= 11 is 9.45. The fourth-order valence-electron chi connectivity index (χ4n) is 1.84. The molecule has 2 aromatic rings. The maximum Gasteiger partial charge on any atom is 0.0931 e. The lowest BCUT2D eigenvalue weighted by atomic mass is 10.4. The van der Waals surface area contributed by atoms with Crippen LogP contribution in [-0.4, -0.2) is 25.0 Å². The van der Waals surface area contributed by atoms with E-state index in [1.165, 1.54) is 14.6 Å². The van der Waals surface area contributed by atoms with Crippen molar-refractivity contribution < 1.29 is 0 Å². The molecule has 0 unspecified atom stereocenters. The lowest BCUT2D eigenvalue weighted by Crippen LogP contribution is -2.28. The molecule has 2 nitrogen and oxygen atoms in total. The summed E-state index contributed by atoms with van der Waals surface area (Å²) in [5.41, 5.74) is 0. The standard InChI is InChI=1S/C14H19ClN2S2/c1-11-3-4-12(18-11)9-16-7-8-17(2)10-13-5-6-14(15)19-13/h3-6,16H,7-10H2,1-2H3. The van der Waals surface area contributed by atoms with Gasteiger partial charge in [0.05, 0.1) is 4.34 Å². The van der Waals surface area contributed by atoms with Gasteiger partial charge in [0, 0.05) is 40.8 Å². The first-order valence-corrected chi connectivity index (χ1v) is 8.33. The Bertz CT molecular complexity index is 507. The maximum absolute atomic E-state index is 5.93. The molecule has 0 spiro atoms. The van der Waals surface area contributed by atoms with Crippen LogP contribution >= 0.6 is 34.3 Å². The first kappa shape index (κ1) is 15.0. The highest BCUT2D eigenvalue weighted by atomic mass is 35.5. The number of halogens is 1. The summed E-state index contributed by atoms with van der Waals surface area (Å²) in [7, 11) is 2.14. The van der Waals surface area contributed by atoms with Crippen LogP contribution in [0, 0.1) is 6.92 Å². The van der Waals surface area contributed by atoms with Gasteiger partial charge in [-0.25, -0.2) is 0 Å². The van der Waals surface area contributed by atoms with Crippen molar-refractivity contribution in [3.63, 3.8) is 0 Å². The zero-order chi connectivity index (χ0) is 13.7. The van der Waals surface area contributed by atoms with Crippen molar-refractivity contribution in [2.45, 2.75) is 20.0 Å². The number of hydrogen-bond acceptors (Lipinski definition) is 4. The Kier molecular flexibility index (Phi) is 5.85. The van der Waals surface area contributed by atoms with E-state index in [4.69, 9.17) is 11.6 Å². The number of thiophene rings is 2. The quantitative estimate of drug-likeness (QED) is 0.777. The highest BCUT2D eigenvalue weighted by Crippen LogP contribution is 2.22. The smallest absolute Gasteiger partial charge is 0.0931 e. The molecule has 19 heavy (non-hydrogen) atoms. The van der Waals surface area contributed by atoms with Crippen LogP contribution in [0.2, 0.25) is 4.34 Å². The van der Waals surface area contributed by atoms with E-state index in [2.05, 4.69) is 42.4 Å². The molecule has 0 saturated carbocycles. The number of nitrogens with zero attached hydrogens (tertiary/aromatic N) is 1. The molecule has 0 aromatic carbocycles. The largest absolute Gasteiger partial charge is 0.311 e. The summed E-state index contributed by atoms with van der Waals surface area (Å²) in [6, 6.07) is 8.44. The molecule has 0 aliphatic carbocycles. The molecule has 5 heteroatoms. The van der Waals surface area contributed by atoms with Gasteiger partial charge in [0.1, 0.15) is 0 Å². The number of hydrogen-bond donors (Lipinski definition) is 1. The molecule has 0 saturated heterocycles. The SMILES string of the molecule is Cc1ccc(CNCCN(C)Cc2ccc(Cl)s2)s1. The fourth-order valence-corrected chi connectivity index (χ4v) is 3.87. The third kappa shape index (κ3) is 5.24. The Hall–Kier alpha value is -0.390. The van der Waals surface area contributed by atoms with Crippen LogP contribution in [0.4, 0.5) is 0 Å². The molecule has 1 N–H and O–H groups in total. The van der Waals surface area contributed by atoms with E-state index in [1.54, 1.807) is 11.3 Å². The van der Waals surface area contributed by atoms with Gasteiger partial charge in [-0.1, -0.05) is 11.6 Å². The van der Waals surface area contributed by atoms with Crippen molar-refractivity contribution in [1.29, 1.82) is 0 Å². The van der Waals surface area contributed by atoms with Gasteiger partial charge in [0.2, 0.25) is 0 Å². The van der Waals surface area contributed by atoms with Crippen LogP contribution in [0.5, 0.6) is 0 Å². The van der Waals surface area contributed by atoms with Crippen LogP contribution in [0.3, 0.4) is 0 Å². The molecule has 0 aliphatic rings. The molecule has 2 rings (SSSR count). The van der Waals surface area contributed by atoms with Gasteiger partial charge in [0.15, 0.2) is 0 Å². The fraction of sp³-hybridized carbons (Fsp3) is 0.429. The number of rotatable bonds is 7. The molecule has 0 radical (unpaired) electrons. The Morgan fingerprint density at radius 3 is 2.58 bits per heavy atom. The predicted octanol–water partition coefficient (Wildman–Crippen LogP) is 3.99. The minimum Gasteiger partial charge on any atom is -0.311 e. The summed E-state index contributed by atoms with van der Waals surface area (Å²) in [5, 5.41) is 3.48. The molecule has 0 bridgehead atoms. The molecule has 0 atom stereocenters. The van der Waals surface area contributed by atoms with Gasteiger partial charge in [-0.2, -0.15) is 0 Å². The minimum absolute atomic E-state index is 0.870. The molecule has 2 heterocycles. The normalized spacial score (nSPS) is 11.4. The molecule has 0 fully saturated rings. The topological polar surface area (TPSA) is 15.3 Å². The van der Waals surface area contributed by atoms with Crippen LogP contribution < -0.4 is 5.32 Å². The number of aryl methyl sites for hydroxylation is 1. The van der Waals surface area contributed by atoms with Crippen LogP contribution in [0.1, 0.15) is 14.6 Å². The third-order valence-corrected chi connectivity index (χ3v) is 5.04. The Morgan fingerprint density at radius 1 is 1.16 bits per heavy atom. The van der Waals surface area contributed by atoms with Gasteiger partial charge < -0.3 is 10.2 Å². The zero-order valence-corrected chi connectivity index (χ0v) is 13.7. The van der Waals surface area contributed by atoms with E-state index in [0.717, 1.165) is 30.5 Å². The highest BCUT2D eigenvalue weighted by molar-refractivity contribution is 7.16. The minimum atomic E-state index is 0.870. The molecule has 0 aliphatic heterocycles. The first-order valence-electron chi connectivity index (χ1n) is 6.32. The molecular weight excluding hydrogens is 296 g/mol. The maximum atomic E-state index is 5.93. The summed E-state index contributed by atoms with van der Waals surface area (Å²) < 4.78 is 0.870. The van der Waals surface area contributed by atoms with Crippen LogP contribution in [0.25, 0.3) is 0 Å². The van der Waals surface area contributed by atoms with E-state index in [0.29, 0.717) is 0 Å². The Balaban J connectivity index is 1.62. The van der Waals surface area contributed by atoms with Gasteiger partial charge in [-0.3, -0.25) is 0 Å². The molecular formula is C14H19ClN2S2. The summed E-state index contributed by atoms with van der Waals surface area (Å²) in [6.45, 7) is 6.13. The second-order valence-electron chi connectivity index (χ2n) is 4.63. The van der Waals surface area contributed by atoms with E-state index >= 15 is 0 Å². The van der Waals surface area contributed by atoms with Crippen LogP contribution in [0.15, 0.2) is 24.3 Å². The van der Waals surface area contributed by atoms with Crippen molar-refractivity contribution in [2.24, 2.45) is 0 Å². The second-order valence-corrected chi connectivity index (χ2v) is 7.80. The number of nitrogens with one attached hydrogen (secondary N) is 1. The van der Waals surface area contributed by atoms with Crippen LogP contribution in [-0.2, 0) is 13.1 Å². The zero-order valence-electron chi connectivity index (χ0n) is 11.3. The Morgan fingerprint density at radius 2 is 1.95 bits per heavy atom. The summed E-state index contributed by atoms with van der Waals surface area (Å²) in [6.07, 6.45) is 0. The van der Waals surface area contributed by atoms with Crippen molar-refractivity contribution >= 4 is 34.3 Å². The van der Waals surface area contributed by atoms with Crippen molar-refractivity contribution in [3.05, 3.63) is 43.2 Å². The lowest BCUT2D eigenvalue weighted by molar-refractivity contribution is 0.327. The summed E-state index contributed by atoms with van der Waals surface area (Å²) in [5.74, 6) is 0. The molecule has 0 amide bonds. The van der Waals surface area contributed by atoms with E-state index in [9.17, 15) is 0 Å². The van der Waals surface area contributed by atoms with E-state index in [1.807, 2.05) is 17.4 Å². The van der Waals surface area contributed by atoms with Gasteiger partial charge in [0.25, 0.3) is 0 Å². The van der Waals surface area contributed by atoms with E-state index < -0.39 is 0 Å². The third-order valence-electron chi connectivity index (χ3n) is 2.82. The van der Waals surface area contributed by atoms with Crippen molar-refractivity contribution in [2.75, 3.05) is 20.1 Å². The summed E-state index contributed by atoms with van der Waals surface area (Å²) in [4.78, 5) is 6.42. The second kappa shape index (κ2) is 7.41. The average Bonchev–Trinajstić information content (AvgIpc) is 2.94. The molecule has 104 valence electrons. The number of likely N-dealkylation sites (N-methyl/N-ethyl adjacent to an activating group) is 1. The van der Waals surface area contributed by atoms with E-state index in [-0.39, 0.29) is 0 Å². The monoisotopic (exact) mass is 314 g/mol. The Labute approximate surface area is 128 Å². The highest BCUT2D eigenvalue weighted by Gasteiger charge is 2.03. The van der Waals surface area contributed by atoms with Gasteiger partial charge in [-0.15, -0.1) is 22.7 Å².